The number of epoxide rings is 1. The van der Waals surface area contributed by atoms with E-state index in [0.717, 1.165) is 16.7 Å². The molecule has 3 aromatic carbocycles. The molecule has 0 amide bonds. The van der Waals surface area contributed by atoms with Crippen LogP contribution in [-0.2, 0) is 23.8 Å². The molecule has 5 nitrogen and oxygen atoms in total. The van der Waals surface area contributed by atoms with Crippen LogP contribution in [0.2, 0.25) is 0 Å². The van der Waals surface area contributed by atoms with Crippen LogP contribution in [0.3, 0.4) is 0 Å². The Morgan fingerprint density at radius 1 is 0.879 bits per heavy atom. The van der Waals surface area contributed by atoms with Crippen molar-refractivity contribution in [2.45, 2.75) is 36.1 Å². The molecule has 5 aliphatic rings. The van der Waals surface area contributed by atoms with Gasteiger partial charge < -0.3 is 14.2 Å². The SMILES string of the molecule is COC(=O)C1(C23OC2C(c2ccccc2)OC3=O)CC2c3ccccc3C1c1ccccc12. The minimum absolute atomic E-state index is 0.0238. The molecule has 164 valence electrons. The largest absolute Gasteiger partial charge is 0.468 e. The van der Waals surface area contributed by atoms with E-state index in [0.29, 0.717) is 6.42 Å². The first-order valence-corrected chi connectivity index (χ1v) is 11.3. The van der Waals surface area contributed by atoms with Crippen molar-refractivity contribution < 1.29 is 23.8 Å². The summed E-state index contributed by atoms with van der Waals surface area (Å²) >= 11 is 0. The number of hydrogen-bond acceptors (Lipinski definition) is 5. The molecule has 0 saturated carbocycles. The van der Waals surface area contributed by atoms with Gasteiger partial charge in [-0.1, -0.05) is 78.9 Å². The van der Waals surface area contributed by atoms with Crippen molar-refractivity contribution in [2.24, 2.45) is 5.41 Å². The number of carbonyl (C=O) groups excluding carboxylic acids is 2. The first-order valence-electron chi connectivity index (χ1n) is 11.3. The third-order valence-electron chi connectivity index (χ3n) is 8.19. The number of ether oxygens (including phenoxy) is 3. The van der Waals surface area contributed by atoms with Gasteiger partial charge in [-0.05, 0) is 34.2 Å². The normalized spacial score (nSPS) is 34.6. The summed E-state index contributed by atoms with van der Waals surface area (Å²) in [5.74, 6) is -1.25. The number of fused-ring (bicyclic) bond motifs is 3. The molecular weight excluding hydrogens is 416 g/mol. The van der Waals surface area contributed by atoms with Crippen molar-refractivity contribution in [3.8, 4) is 0 Å². The second-order valence-electron chi connectivity index (χ2n) is 9.42. The Kier molecular flexibility index (Phi) is 3.66. The van der Waals surface area contributed by atoms with Crippen LogP contribution in [0.4, 0.5) is 0 Å². The zero-order valence-corrected chi connectivity index (χ0v) is 18.1. The first-order chi connectivity index (χ1) is 16.1. The third-order valence-corrected chi connectivity index (χ3v) is 8.19. The number of esters is 2. The monoisotopic (exact) mass is 438 g/mol. The molecule has 33 heavy (non-hydrogen) atoms. The lowest BCUT2D eigenvalue weighted by Gasteiger charge is -2.52. The average molecular weight is 438 g/mol. The van der Waals surface area contributed by atoms with Gasteiger partial charge in [-0.2, -0.15) is 0 Å². The van der Waals surface area contributed by atoms with Gasteiger partial charge in [-0.15, -0.1) is 0 Å². The van der Waals surface area contributed by atoms with Crippen molar-refractivity contribution >= 4 is 11.9 Å². The molecule has 5 heteroatoms. The van der Waals surface area contributed by atoms with Gasteiger partial charge in [-0.3, -0.25) is 4.79 Å². The van der Waals surface area contributed by atoms with Crippen molar-refractivity contribution in [1.82, 2.24) is 0 Å². The number of carbonyl (C=O) groups is 2. The molecule has 2 aliphatic heterocycles. The molecule has 2 saturated heterocycles. The van der Waals surface area contributed by atoms with E-state index in [9.17, 15) is 9.59 Å². The van der Waals surface area contributed by atoms with Crippen LogP contribution in [0.25, 0.3) is 0 Å². The fourth-order valence-corrected chi connectivity index (χ4v) is 6.91. The highest BCUT2D eigenvalue weighted by Crippen LogP contribution is 2.73. The van der Waals surface area contributed by atoms with Gasteiger partial charge in [0.05, 0.1) is 7.11 Å². The molecular formula is C28H22O5. The molecule has 2 heterocycles. The Balaban J connectivity index is 1.46. The van der Waals surface area contributed by atoms with E-state index in [1.54, 1.807) is 0 Å². The zero-order valence-electron chi connectivity index (χ0n) is 18.1. The second-order valence-corrected chi connectivity index (χ2v) is 9.42. The van der Waals surface area contributed by atoms with Crippen LogP contribution < -0.4 is 0 Å². The summed E-state index contributed by atoms with van der Waals surface area (Å²) in [7, 11) is 1.40. The fraction of sp³-hybridized carbons (Fsp3) is 0.286. The molecule has 3 aromatic rings. The molecule has 8 rings (SSSR count). The summed E-state index contributed by atoms with van der Waals surface area (Å²) in [6, 6.07) is 26.1. The highest BCUT2D eigenvalue weighted by atomic mass is 16.7. The molecule has 0 N–H and O–H groups in total. The van der Waals surface area contributed by atoms with Crippen molar-refractivity contribution in [3.05, 3.63) is 107 Å². The predicted octanol–water partition coefficient (Wildman–Crippen LogP) is 4.26. The average Bonchev–Trinajstić information content (AvgIpc) is 3.57. The zero-order chi connectivity index (χ0) is 22.4. The standard InChI is InChI=1S/C28H22O5/c1-31-25(29)27(28-24(33-28)23(32-26(28)30)16-9-3-2-4-10-16)15-21-17-11-5-7-13-19(17)22(27)20-14-8-6-12-18(20)21/h2-14,21-24H,15H2,1H3. The maximum Gasteiger partial charge on any atom is 0.343 e. The quantitative estimate of drug-likeness (QED) is 0.452. The van der Waals surface area contributed by atoms with Crippen LogP contribution in [0.5, 0.6) is 0 Å². The predicted molar refractivity (Wildman–Crippen MR) is 119 cm³/mol. The lowest BCUT2D eigenvalue weighted by Crippen LogP contribution is -2.58. The summed E-state index contributed by atoms with van der Waals surface area (Å²) in [6.07, 6.45) is -0.609. The minimum atomic E-state index is -1.36. The van der Waals surface area contributed by atoms with E-state index < -0.39 is 35.2 Å². The van der Waals surface area contributed by atoms with E-state index in [-0.39, 0.29) is 11.8 Å². The van der Waals surface area contributed by atoms with Crippen LogP contribution in [0.1, 0.15) is 52.2 Å². The van der Waals surface area contributed by atoms with Gasteiger partial charge in [0.2, 0.25) is 5.60 Å². The van der Waals surface area contributed by atoms with Crippen LogP contribution in [0.15, 0.2) is 78.9 Å². The molecule has 0 aromatic heterocycles. The highest BCUT2D eigenvalue weighted by molar-refractivity contribution is 5.98. The van der Waals surface area contributed by atoms with E-state index >= 15 is 0 Å². The third kappa shape index (κ3) is 2.12. The molecule has 0 radical (unpaired) electrons. The first kappa shape index (κ1) is 19.1. The van der Waals surface area contributed by atoms with Crippen LogP contribution >= 0.6 is 0 Å². The Morgan fingerprint density at radius 2 is 1.45 bits per heavy atom. The molecule has 0 spiro atoms. The van der Waals surface area contributed by atoms with Crippen molar-refractivity contribution in [3.63, 3.8) is 0 Å². The van der Waals surface area contributed by atoms with Gasteiger partial charge in [0, 0.05) is 11.8 Å². The number of hydrogen-bond donors (Lipinski definition) is 0. The van der Waals surface area contributed by atoms with Gasteiger partial charge in [-0.25, -0.2) is 4.79 Å². The smallest absolute Gasteiger partial charge is 0.343 e. The summed E-state index contributed by atoms with van der Waals surface area (Å²) in [5.41, 5.74) is 2.87. The van der Waals surface area contributed by atoms with E-state index in [1.807, 2.05) is 54.6 Å². The maximum absolute atomic E-state index is 13.8. The summed E-state index contributed by atoms with van der Waals surface area (Å²) in [4.78, 5) is 27.4. The summed E-state index contributed by atoms with van der Waals surface area (Å²) < 4.78 is 17.6. The van der Waals surface area contributed by atoms with E-state index in [4.69, 9.17) is 14.2 Å². The number of benzene rings is 3. The van der Waals surface area contributed by atoms with Crippen LogP contribution in [-0.4, -0.2) is 30.8 Å². The number of cyclic esters (lactones) is 1. The van der Waals surface area contributed by atoms with Crippen molar-refractivity contribution in [1.29, 1.82) is 0 Å². The Hall–Kier alpha value is -3.44. The Bertz CT molecular complexity index is 1270. The molecule has 4 unspecified atom stereocenters. The second kappa shape index (κ2) is 6.33. The number of methoxy groups -OCH3 is 1. The van der Waals surface area contributed by atoms with Gasteiger partial charge in [0.1, 0.15) is 11.5 Å². The summed E-state index contributed by atoms with van der Waals surface area (Å²) in [6.45, 7) is 0. The Labute approximate surface area is 191 Å². The lowest BCUT2D eigenvalue weighted by molar-refractivity contribution is -0.174. The highest BCUT2D eigenvalue weighted by Gasteiger charge is 2.86. The van der Waals surface area contributed by atoms with Gasteiger partial charge in [0.25, 0.3) is 0 Å². The number of rotatable bonds is 3. The minimum Gasteiger partial charge on any atom is -0.468 e. The Morgan fingerprint density at radius 3 is 2.03 bits per heavy atom. The molecule has 2 bridgehead atoms. The van der Waals surface area contributed by atoms with Crippen molar-refractivity contribution in [2.75, 3.05) is 7.11 Å². The van der Waals surface area contributed by atoms with E-state index in [1.165, 1.54) is 18.2 Å². The maximum atomic E-state index is 13.8. The van der Waals surface area contributed by atoms with Gasteiger partial charge >= 0.3 is 11.9 Å². The van der Waals surface area contributed by atoms with E-state index in [2.05, 4.69) is 24.3 Å². The molecule has 4 atom stereocenters. The van der Waals surface area contributed by atoms with Crippen LogP contribution in [0, 0.1) is 5.41 Å². The topological polar surface area (TPSA) is 65.1 Å². The molecule has 3 aliphatic carbocycles. The summed E-state index contributed by atoms with van der Waals surface area (Å²) in [5, 5.41) is 0. The fourth-order valence-electron chi connectivity index (χ4n) is 6.91. The lowest BCUT2D eigenvalue weighted by atomic mass is 9.47. The van der Waals surface area contributed by atoms with Gasteiger partial charge in [0.15, 0.2) is 6.10 Å². The molecule has 2 fully saturated rings.